The predicted octanol–water partition coefficient (Wildman–Crippen LogP) is -0.301. The summed E-state index contributed by atoms with van der Waals surface area (Å²) >= 11 is 0. The molecule has 4 heteroatoms. The normalized spacial score (nSPS) is 9.78. The van der Waals surface area contributed by atoms with Gasteiger partial charge in [0.1, 0.15) is 0 Å². The lowest BCUT2D eigenvalue weighted by atomic mass is 10.7. The Morgan fingerprint density at radius 2 is 1.89 bits per heavy atom. The highest BCUT2D eigenvalue weighted by molar-refractivity contribution is 5.72. The highest BCUT2D eigenvalue weighted by Crippen LogP contribution is 1.82. The van der Waals surface area contributed by atoms with Crippen LogP contribution in [0.1, 0.15) is 6.92 Å². The molecule has 0 spiro atoms. The Bertz CT molecular complexity index is 90.2. The number of carbonyl (C=O) groups is 1. The van der Waals surface area contributed by atoms with E-state index in [1.807, 2.05) is 0 Å². The maximum atomic E-state index is 10.3. The molecule has 0 rings (SSSR count). The quantitative estimate of drug-likeness (QED) is 0.537. The van der Waals surface area contributed by atoms with Gasteiger partial charge in [-0.3, -0.25) is 4.79 Å². The van der Waals surface area contributed by atoms with E-state index in [2.05, 4.69) is 14.8 Å². The number of ether oxygens (including phenoxy) is 2. The molecule has 1 amide bonds. The summed E-state index contributed by atoms with van der Waals surface area (Å²) in [6, 6.07) is 0. The van der Waals surface area contributed by atoms with Crippen molar-refractivity contribution in [3.8, 4) is 0 Å². The molecule has 0 unspecified atom stereocenters. The molecule has 0 radical (unpaired) electrons. The van der Waals surface area contributed by atoms with Crippen LogP contribution >= 0.6 is 0 Å². The van der Waals surface area contributed by atoms with Gasteiger partial charge in [0.2, 0.25) is 12.3 Å². The summed E-state index contributed by atoms with van der Waals surface area (Å²) in [4.78, 5) is 10.3. The van der Waals surface area contributed by atoms with Crippen LogP contribution in [0.15, 0.2) is 0 Å². The van der Waals surface area contributed by atoms with Gasteiger partial charge < -0.3 is 14.8 Å². The van der Waals surface area contributed by atoms with E-state index in [1.165, 1.54) is 21.1 Å². The van der Waals surface area contributed by atoms with Gasteiger partial charge in [0.25, 0.3) is 0 Å². The molecule has 4 nitrogen and oxygen atoms in total. The fourth-order valence-electron chi connectivity index (χ4n) is 0.380. The molecule has 0 aliphatic rings. The average molecular weight is 133 g/mol. The molecule has 0 bridgehead atoms. The van der Waals surface area contributed by atoms with Gasteiger partial charge in [0.15, 0.2) is 0 Å². The van der Waals surface area contributed by atoms with Crippen LogP contribution in [0.3, 0.4) is 0 Å². The number of amides is 1. The smallest absolute Gasteiger partial charge is 0.239 e. The van der Waals surface area contributed by atoms with Crippen LogP contribution in [0.2, 0.25) is 0 Å². The summed E-state index contributed by atoms with van der Waals surface area (Å²) in [6.07, 6.45) is -0.623. The minimum Gasteiger partial charge on any atom is -0.339 e. The van der Waals surface area contributed by atoms with Gasteiger partial charge in [-0.25, -0.2) is 0 Å². The largest absolute Gasteiger partial charge is 0.339 e. The van der Waals surface area contributed by atoms with Gasteiger partial charge in [-0.05, 0) is 0 Å². The molecule has 0 aliphatic heterocycles. The van der Waals surface area contributed by atoms with E-state index in [-0.39, 0.29) is 5.91 Å². The average Bonchev–Trinajstić information content (AvgIpc) is 1.82. The molecule has 0 heterocycles. The molecule has 0 aromatic carbocycles. The highest BCUT2D eigenvalue weighted by atomic mass is 16.7. The van der Waals surface area contributed by atoms with Crippen molar-refractivity contribution in [3.63, 3.8) is 0 Å². The first-order valence-electron chi connectivity index (χ1n) is 2.53. The molecule has 0 aromatic heterocycles. The van der Waals surface area contributed by atoms with Crippen molar-refractivity contribution in [1.82, 2.24) is 5.32 Å². The van der Waals surface area contributed by atoms with E-state index in [0.717, 1.165) is 0 Å². The lowest BCUT2D eigenvalue weighted by Crippen LogP contribution is -2.35. The molecular weight excluding hydrogens is 122 g/mol. The van der Waals surface area contributed by atoms with Crippen LogP contribution in [0.5, 0.6) is 0 Å². The number of methoxy groups -OCH3 is 2. The second-order valence-electron chi connectivity index (χ2n) is 1.50. The second-order valence-corrected chi connectivity index (χ2v) is 1.50. The third-order valence-electron chi connectivity index (χ3n) is 0.749. The summed E-state index contributed by atoms with van der Waals surface area (Å²) in [5, 5.41) is 2.40. The van der Waals surface area contributed by atoms with Crippen LogP contribution in [0, 0.1) is 0 Å². The van der Waals surface area contributed by atoms with Gasteiger partial charge in [-0.1, -0.05) is 0 Å². The zero-order valence-electron chi connectivity index (χ0n) is 5.80. The van der Waals surface area contributed by atoms with Crippen molar-refractivity contribution in [3.05, 3.63) is 0 Å². The fraction of sp³-hybridized carbons (Fsp3) is 0.800. The first-order valence-corrected chi connectivity index (χ1v) is 2.53. The third-order valence-corrected chi connectivity index (χ3v) is 0.749. The first-order chi connectivity index (χ1) is 4.20. The number of rotatable bonds is 3. The Labute approximate surface area is 54.1 Å². The topological polar surface area (TPSA) is 47.6 Å². The lowest BCUT2D eigenvalue weighted by Gasteiger charge is -2.12. The van der Waals surface area contributed by atoms with Gasteiger partial charge in [-0.2, -0.15) is 0 Å². The summed E-state index contributed by atoms with van der Waals surface area (Å²) < 4.78 is 9.31. The van der Waals surface area contributed by atoms with Crippen molar-refractivity contribution in [1.29, 1.82) is 0 Å². The maximum absolute atomic E-state index is 10.3. The Morgan fingerprint density at radius 1 is 1.44 bits per heavy atom. The molecular formula is C5H11NO3. The first kappa shape index (κ1) is 8.39. The zero-order chi connectivity index (χ0) is 7.28. The zero-order valence-corrected chi connectivity index (χ0v) is 5.80. The minimum atomic E-state index is -0.623. The van der Waals surface area contributed by atoms with Gasteiger partial charge in [-0.15, -0.1) is 0 Å². The number of carbonyl (C=O) groups excluding carboxylic acids is 1. The van der Waals surface area contributed by atoms with E-state index in [4.69, 9.17) is 0 Å². The molecule has 0 saturated heterocycles. The molecule has 1 N–H and O–H groups in total. The molecule has 0 aliphatic carbocycles. The van der Waals surface area contributed by atoms with Crippen molar-refractivity contribution in [2.45, 2.75) is 13.3 Å². The Kier molecular flexibility index (Phi) is 4.00. The number of hydrogen-bond acceptors (Lipinski definition) is 3. The summed E-state index contributed by atoms with van der Waals surface area (Å²) in [6.45, 7) is 1.39. The number of nitrogens with one attached hydrogen (secondary N) is 1. The molecule has 0 aromatic rings. The van der Waals surface area contributed by atoms with E-state index >= 15 is 0 Å². The van der Waals surface area contributed by atoms with E-state index in [0.29, 0.717) is 0 Å². The molecule has 0 atom stereocenters. The van der Waals surface area contributed by atoms with Crippen molar-refractivity contribution in [2.24, 2.45) is 0 Å². The highest BCUT2D eigenvalue weighted by Gasteiger charge is 2.03. The second kappa shape index (κ2) is 4.29. The molecule has 9 heavy (non-hydrogen) atoms. The van der Waals surface area contributed by atoms with Gasteiger partial charge >= 0.3 is 0 Å². The third kappa shape index (κ3) is 3.93. The van der Waals surface area contributed by atoms with E-state index < -0.39 is 6.41 Å². The summed E-state index contributed by atoms with van der Waals surface area (Å²) in [7, 11) is 2.90. The van der Waals surface area contributed by atoms with E-state index in [9.17, 15) is 4.79 Å². The molecule has 54 valence electrons. The van der Waals surface area contributed by atoms with Crippen molar-refractivity contribution < 1.29 is 14.3 Å². The monoisotopic (exact) mass is 133 g/mol. The van der Waals surface area contributed by atoms with Crippen LogP contribution in [-0.2, 0) is 14.3 Å². The Balaban J connectivity index is 3.43. The van der Waals surface area contributed by atoms with Crippen LogP contribution in [0.4, 0.5) is 0 Å². The Morgan fingerprint density at radius 3 is 2.00 bits per heavy atom. The SMILES string of the molecule is COC(NC(C)=O)OC. The van der Waals surface area contributed by atoms with Gasteiger partial charge in [0, 0.05) is 21.1 Å². The van der Waals surface area contributed by atoms with Crippen molar-refractivity contribution >= 4 is 5.91 Å². The van der Waals surface area contributed by atoms with Gasteiger partial charge in [0.05, 0.1) is 0 Å². The predicted molar refractivity (Wildman–Crippen MR) is 31.6 cm³/mol. The number of hydrogen-bond donors (Lipinski definition) is 1. The summed E-state index contributed by atoms with van der Waals surface area (Å²) in [5.74, 6) is -0.177. The van der Waals surface area contributed by atoms with Crippen molar-refractivity contribution in [2.75, 3.05) is 14.2 Å². The summed E-state index contributed by atoms with van der Waals surface area (Å²) in [5.41, 5.74) is 0. The van der Waals surface area contributed by atoms with Crippen LogP contribution in [0.25, 0.3) is 0 Å². The molecule has 0 fully saturated rings. The lowest BCUT2D eigenvalue weighted by molar-refractivity contribution is -0.146. The maximum Gasteiger partial charge on any atom is 0.239 e. The fourth-order valence-corrected chi connectivity index (χ4v) is 0.380. The Hall–Kier alpha value is -0.610. The van der Waals surface area contributed by atoms with Crippen LogP contribution in [-0.4, -0.2) is 26.5 Å². The standard InChI is InChI=1S/C5H11NO3/c1-4(7)6-5(8-2)9-3/h5H,1-3H3,(H,6,7). The van der Waals surface area contributed by atoms with Crippen LogP contribution < -0.4 is 5.32 Å². The molecule has 0 saturated carbocycles. The van der Waals surface area contributed by atoms with E-state index in [1.54, 1.807) is 0 Å². The minimum absolute atomic E-state index is 0.177.